The minimum absolute atomic E-state index is 0.116. The summed E-state index contributed by atoms with van der Waals surface area (Å²) in [6.45, 7) is 0.883. The van der Waals surface area contributed by atoms with E-state index in [1.807, 2.05) is 24.3 Å². The van der Waals surface area contributed by atoms with Crippen molar-refractivity contribution >= 4 is 23.3 Å². The van der Waals surface area contributed by atoms with E-state index in [0.717, 1.165) is 17.9 Å². The van der Waals surface area contributed by atoms with Crippen molar-refractivity contribution < 1.29 is 19.1 Å². The molecule has 0 radical (unpaired) electrons. The molecule has 136 valence electrons. The zero-order valence-electron chi connectivity index (χ0n) is 14.9. The third kappa shape index (κ3) is 3.79. The SMILES string of the molecule is COC(=O)C1=C(C(=O)OC)N(c2ccccc2NCC2CC2)C=CC=C1. The molecule has 1 saturated carbocycles. The predicted octanol–water partition coefficient (Wildman–Crippen LogP) is 3.00. The lowest BCUT2D eigenvalue weighted by atomic mass is 10.1. The lowest BCUT2D eigenvalue weighted by Crippen LogP contribution is -2.27. The number of allylic oxidation sites excluding steroid dienone is 2. The number of nitrogens with one attached hydrogen (secondary N) is 1. The number of hydrogen-bond donors (Lipinski definition) is 1. The van der Waals surface area contributed by atoms with Gasteiger partial charge in [0.25, 0.3) is 0 Å². The predicted molar refractivity (Wildman–Crippen MR) is 99.5 cm³/mol. The Balaban J connectivity index is 2.06. The Hall–Kier alpha value is -3.02. The van der Waals surface area contributed by atoms with Gasteiger partial charge in [-0.25, -0.2) is 9.59 Å². The van der Waals surface area contributed by atoms with E-state index >= 15 is 0 Å². The lowest BCUT2D eigenvalue weighted by molar-refractivity contribution is -0.139. The van der Waals surface area contributed by atoms with Gasteiger partial charge in [0.2, 0.25) is 0 Å². The van der Waals surface area contributed by atoms with Crippen LogP contribution in [-0.4, -0.2) is 32.7 Å². The first-order valence-corrected chi connectivity index (χ1v) is 8.53. The minimum Gasteiger partial charge on any atom is -0.465 e. The van der Waals surface area contributed by atoms with Gasteiger partial charge in [-0.05, 0) is 43.0 Å². The van der Waals surface area contributed by atoms with Crippen molar-refractivity contribution in [2.45, 2.75) is 12.8 Å². The van der Waals surface area contributed by atoms with Crippen LogP contribution in [-0.2, 0) is 19.1 Å². The van der Waals surface area contributed by atoms with Crippen LogP contribution >= 0.6 is 0 Å². The van der Waals surface area contributed by atoms with Gasteiger partial charge in [0.05, 0.1) is 31.2 Å². The number of methoxy groups -OCH3 is 2. The maximum atomic E-state index is 12.5. The molecular weight excluding hydrogens is 332 g/mol. The number of carbonyl (C=O) groups is 2. The summed E-state index contributed by atoms with van der Waals surface area (Å²) in [7, 11) is 2.57. The number of ether oxygens (including phenoxy) is 2. The van der Waals surface area contributed by atoms with Crippen LogP contribution in [0, 0.1) is 5.92 Å². The van der Waals surface area contributed by atoms with Gasteiger partial charge in [-0.2, -0.15) is 0 Å². The van der Waals surface area contributed by atoms with E-state index < -0.39 is 11.9 Å². The Morgan fingerprint density at radius 2 is 1.85 bits per heavy atom. The van der Waals surface area contributed by atoms with Gasteiger partial charge in [-0.15, -0.1) is 0 Å². The second-order valence-corrected chi connectivity index (χ2v) is 6.16. The molecule has 1 aromatic carbocycles. The Labute approximate surface area is 152 Å². The molecule has 6 heteroatoms. The quantitative estimate of drug-likeness (QED) is 0.792. The maximum absolute atomic E-state index is 12.5. The fourth-order valence-electron chi connectivity index (χ4n) is 2.76. The van der Waals surface area contributed by atoms with E-state index in [-0.39, 0.29) is 11.3 Å². The third-order valence-corrected chi connectivity index (χ3v) is 4.33. The first-order chi connectivity index (χ1) is 12.7. The molecule has 0 atom stereocenters. The normalized spacial score (nSPS) is 16.3. The van der Waals surface area contributed by atoms with E-state index in [2.05, 4.69) is 5.32 Å². The number of esters is 2. The van der Waals surface area contributed by atoms with Gasteiger partial charge in [0, 0.05) is 12.7 Å². The zero-order valence-corrected chi connectivity index (χ0v) is 14.9. The highest BCUT2D eigenvalue weighted by Crippen LogP contribution is 2.34. The number of nitrogens with zero attached hydrogens (tertiary/aromatic N) is 1. The zero-order chi connectivity index (χ0) is 18.5. The molecular formula is C20H22N2O4. The standard InChI is InChI=1S/C20H22N2O4/c1-25-19(23)15-7-5-6-12-22(18(15)20(24)26-2)17-9-4-3-8-16(17)21-13-14-10-11-14/h3-9,12,14,21H,10-11,13H2,1-2H3. The van der Waals surface area contributed by atoms with Gasteiger partial charge in [-0.1, -0.05) is 18.2 Å². The molecule has 26 heavy (non-hydrogen) atoms. The van der Waals surface area contributed by atoms with Crippen molar-refractivity contribution in [2.75, 3.05) is 31.0 Å². The molecule has 2 aliphatic rings. The van der Waals surface area contributed by atoms with Gasteiger partial charge < -0.3 is 19.7 Å². The second kappa shape index (κ2) is 7.91. The van der Waals surface area contributed by atoms with Crippen LogP contribution in [0.4, 0.5) is 11.4 Å². The molecule has 0 bridgehead atoms. The summed E-state index contributed by atoms with van der Waals surface area (Å²) in [6, 6.07) is 7.66. The Morgan fingerprint density at radius 1 is 1.12 bits per heavy atom. The maximum Gasteiger partial charge on any atom is 0.355 e. The van der Waals surface area contributed by atoms with Gasteiger partial charge in [0.1, 0.15) is 5.70 Å². The van der Waals surface area contributed by atoms with E-state index in [0.29, 0.717) is 5.92 Å². The van der Waals surface area contributed by atoms with E-state index in [9.17, 15) is 9.59 Å². The fourth-order valence-corrected chi connectivity index (χ4v) is 2.76. The Morgan fingerprint density at radius 3 is 2.54 bits per heavy atom. The van der Waals surface area contributed by atoms with Crippen LogP contribution in [0.15, 0.2) is 60.0 Å². The fraction of sp³-hybridized carbons (Fsp3) is 0.300. The number of hydrogen-bond acceptors (Lipinski definition) is 6. The minimum atomic E-state index is -0.612. The van der Waals surface area contributed by atoms with E-state index in [1.165, 1.54) is 27.1 Å². The van der Waals surface area contributed by atoms with Crippen LogP contribution in [0.2, 0.25) is 0 Å². The molecule has 3 rings (SSSR count). The molecule has 1 aromatic rings. The van der Waals surface area contributed by atoms with Gasteiger partial charge >= 0.3 is 11.9 Å². The molecule has 1 fully saturated rings. The Kier molecular flexibility index (Phi) is 5.41. The molecule has 1 heterocycles. The van der Waals surface area contributed by atoms with Crippen molar-refractivity contribution in [3.05, 3.63) is 60.0 Å². The number of carbonyl (C=O) groups excluding carboxylic acids is 2. The van der Waals surface area contributed by atoms with Crippen molar-refractivity contribution in [1.82, 2.24) is 0 Å². The molecule has 0 unspecified atom stereocenters. The summed E-state index contributed by atoms with van der Waals surface area (Å²) in [4.78, 5) is 26.4. The highest BCUT2D eigenvalue weighted by Gasteiger charge is 2.29. The molecule has 0 amide bonds. The van der Waals surface area contributed by atoms with E-state index in [1.54, 1.807) is 29.3 Å². The van der Waals surface area contributed by atoms with Crippen LogP contribution < -0.4 is 10.2 Å². The second-order valence-electron chi connectivity index (χ2n) is 6.16. The Bertz CT molecular complexity index is 791. The number of para-hydroxylation sites is 2. The molecule has 1 aliphatic heterocycles. The van der Waals surface area contributed by atoms with Crippen LogP contribution in [0.1, 0.15) is 12.8 Å². The summed E-state index contributed by atoms with van der Waals surface area (Å²) >= 11 is 0. The summed E-state index contributed by atoms with van der Waals surface area (Å²) in [5.74, 6) is -0.511. The smallest absolute Gasteiger partial charge is 0.355 e. The number of benzene rings is 1. The summed E-state index contributed by atoms with van der Waals surface area (Å²) in [6.07, 6.45) is 9.21. The first-order valence-electron chi connectivity index (χ1n) is 8.53. The summed E-state index contributed by atoms with van der Waals surface area (Å²) in [5, 5.41) is 3.44. The summed E-state index contributed by atoms with van der Waals surface area (Å²) < 4.78 is 9.78. The molecule has 1 N–H and O–H groups in total. The number of anilines is 2. The van der Waals surface area contributed by atoms with Crippen LogP contribution in [0.3, 0.4) is 0 Å². The molecule has 6 nitrogen and oxygen atoms in total. The molecule has 0 spiro atoms. The van der Waals surface area contributed by atoms with Gasteiger partial charge in [0.15, 0.2) is 0 Å². The van der Waals surface area contributed by atoms with Crippen LogP contribution in [0.25, 0.3) is 0 Å². The molecule has 0 saturated heterocycles. The molecule has 0 aromatic heterocycles. The van der Waals surface area contributed by atoms with Crippen molar-refractivity contribution in [1.29, 1.82) is 0 Å². The van der Waals surface area contributed by atoms with Crippen LogP contribution in [0.5, 0.6) is 0 Å². The summed E-state index contributed by atoms with van der Waals surface area (Å²) in [5.41, 5.74) is 1.90. The number of rotatable bonds is 6. The highest BCUT2D eigenvalue weighted by molar-refractivity contribution is 6.06. The average molecular weight is 354 g/mol. The highest BCUT2D eigenvalue weighted by atomic mass is 16.5. The van der Waals surface area contributed by atoms with Crippen molar-refractivity contribution in [2.24, 2.45) is 5.92 Å². The van der Waals surface area contributed by atoms with Gasteiger partial charge in [-0.3, -0.25) is 0 Å². The average Bonchev–Trinajstić information content (AvgIpc) is 3.51. The topological polar surface area (TPSA) is 67.9 Å². The van der Waals surface area contributed by atoms with Crippen molar-refractivity contribution in [3.8, 4) is 0 Å². The first kappa shape index (κ1) is 17.8. The molecule has 1 aliphatic carbocycles. The largest absolute Gasteiger partial charge is 0.465 e. The van der Waals surface area contributed by atoms with Crippen molar-refractivity contribution in [3.63, 3.8) is 0 Å². The van der Waals surface area contributed by atoms with E-state index in [4.69, 9.17) is 9.47 Å². The monoisotopic (exact) mass is 354 g/mol. The lowest BCUT2D eigenvalue weighted by Gasteiger charge is -2.25. The third-order valence-electron chi connectivity index (χ3n) is 4.33.